The number of rotatable bonds is 3. The molecule has 3 rings (SSSR count). The highest BCUT2D eigenvalue weighted by molar-refractivity contribution is 7.10. The normalized spacial score (nSPS) is 18.0. The maximum atomic E-state index is 10.4. The maximum Gasteiger partial charge on any atom is 0.151 e. The summed E-state index contributed by atoms with van der Waals surface area (Å²) < 4.78 is 0. The SMILES string of the molecule is Cc1ncc(Cl)c(N2CCC(C(O)c3cccs3)CC2)n1. The molecule has 0 bridgehead atoms. The van der Waals surface area contributed by atoms with Crippen LogP contribution in [0.1, 0.15) is 29.6 Å². The van der Waals surface area contributed by atoms with Crippen molar-refractivity contribution < 1.29 is 5.11 Å². The van der Waals surface area contributed by atoms with Crippen molar-refractivity contribution in [1.29, 1.82) is 0 Å². The first kappa shape index (κ1) is 14.8. The Morgan fingerprint density at radius 2 is 2.19 bits per heavy atom. The molecule has 3 heterocycles. The van der Waals surface area contributed by atoms with Crippen LogP contribution < -0.4 is 4.90 Å². The summed E-state index contributed by atoms with van der Waals surface area (Å²) in [6, 6.07) is 3.99. The van der Waals surface area contributed by atoms with Crippen molar-refractivity contribution in [2.45, 2.75) is 25.9 Å². The Bertz CT molecular complexity index is 597. The molecule has 21 heavy (non-hydrogen) atoms. The molecule has 0 spiro atoms. The second kappa shape index (κ2) is 6.30. The minimum atomic E-state index is -0.352. The van der Waals surface area contributed by atoms with Gasteiger partial charge < -0.3 is 10.0 Å². The molecule has 1 fully saturated rings. The summed E-state index contributed by atoms with van der Waals surface area (Å²) >= 11 is 7.82. The van der Waals surface area contributed by atoms with Gasteiger partial charge in [0.25, 0.3) is 0 Å². The maximum absolute atomic E-state index is 10.4. The topological polar surface area (TPSA) is 49.2 Å². The van der Waals surface area contributed by atoms with Crippen LogP contribution in [0.3, 0.4) is 0 Å². The van der Waals surface area contributed by atoms with E-state index in [1.807, 2.05) is 24.4 Å². The van der Waals surface area contributed by atoms with E-state index in [0.717, 1.165) is 42.5 Å². The largest absolute Gasteiger partial charge is 0.387 e. The van der Waals surface area contributed by atoms with E-state index in [1.54, 1.807) is 17.5 Å². The molecule has 0 amide bonds. The van der Waals surface area contributed by atoms with E-state index in [1.165, 1.54) is 0 Å². The van der Waals surface area contributed by atoms with Crippen LogP contribution in [-0.2, 0) is 0 Å². The highest BCUT2D eigenvalue weighted by Crippen LogP contribution is 2.35. The van der Waals surface area contributed by atoms with Crippen LogP contribution in [0.5, 0.6) is 0 Å². The summed E-state index contributed by atoms with van der Waals surface area (Å²) in [5.74, 6) is 1.85. The van der Waals surface area contributed by atoms with Crippen LogP contribution in [0, 0.1) is 12.8 Å². The Labute approximate surface area is 133 Å². The number of hydrogen-bond acceptors (Lipinski definition) is 5. The summed E-state index contributed by atoms with van der Waals surface area (Å²) in [5.41, 5.74) is 0. The first-order valence-corrected chi connectivity index (χ1v) is 8.36. The van der Waals surface area contributed by atoms with Crippen LogP contribution in [-0.4, -0.2) is 28.2 Å². The Balaban J connectivity index is 1.66. The van der Waals surface area contributed by atoms with Crippen molar-refractivity contribution in [2.75, 3.05) is 18.0 Å². The van der Waals surface area contributed by atoms with Crippen molar-refractivity contribution in [2.24, 2.45) is 5.92 Å². The first-order valence-electron chi connectivity index (χ1n) is 7.10. The Morgan fingerprint density at radius 1 is 1.43 bits per heavy atom. The molecule has 1 aliphatic heterocycles. The fourth-order valence-corrected chi connectivity index (χ4v) is 3.80. The molecule has 1 saturated heterocycles. The van der Waals surface area contributed by atoms with E-state index in [4.69, 9.17) is 11.6 Å². The molecule has 0 saturated carbocycles. The van der Waals surface area contributed by atoms with Crippen molar-refractivity contribution in [3.63, 3.8) is 0 Å². The first-order chi connectivity index (χ1) is 10.1. The molecule has 2 aromatic rings. The van der Waals surface area contributed by atoms with Gasteiger partial charge in [0.05, 0.1) is 12.3 Å². The number of aryl methyl sites for hydroxylation is 1. The van der Waals surface area contributed by atoms with E-state index in [-0.39, 0.29) is 6.10 Å². The van der Waals surface area contributed by atoms with Gasteiger partial charge in [-0.1, -0.05) is 17.7 Å². The van der Waals surface area contributed by atoms with Crippen LogP contribution in [0.4, 0.5) is 5.82 Å². The minimum absolute atomic E-state index is 0.307. The van der Waals surface area contributed by atoms with Crippen molar-refractivity contribution >= 4 is 28.8 Å². The number of piperidine rings is 1. The smallest absolute Gasteiger partial charge is 0.151 e. The van der Waals surface area contributed by atoms with Gasteiger partial charge in [-0.05, 0) is 37.1 Å². The molecular weight excluding hydrogens is 306 g/mol. The zero-order valence-electron chi connectivity index (χ0n) is 11.9. The average molecular weight is 324 g/mol. The lowest BCUT2D eigenvalue weighted by atomic mass is 9.90. The van der Waals surface area contributed by atoms with Crippen molar-refractivity contribution in [3.8, 4) is 0 Å². The molecule has 2 aromatic heterocycles. The van der Waals surface area contributed by atoms with Gasteiger partial charge in [0.1, 0.15) is 10.8 Å². The summed E-state index contributed by atoms with van der Waals surface area (Å²) in [6.45, 7) is 3.60. The molecule has 0 aromatic carbocycles. The van der Waals surface area contributed by atoms with Crippen LogP contribution in [0.25, 0.3) is 0 Å². The Hall–Kier alpha value is -1.17. The van der Waals surface area contributed by atoms with E-state index >= 15 is 0 Å². The lowest BCUT2D eigenvalue weighted by Crippen LogP contribution is -2.36. The second-order valence-corrected chi connectivity index (χ2v) is 6.76. The number of aliphatic hydroxyl groups excluding tert-OH is 1. The van der Waals surface area contributed by atoms with Gasteiger partial charge >= 0.3 is 0 Å². The third kappa shape index (κ3) is 3.20. The quantitative estimate of drug-likeness (QED) is 0.940. The van der Waals surface area contributed by atoms with Gasteiger partial charge in [0, 0.05) is 18.0 Å². The number of thiophene rings is 1. The highest BCUT2D eigenvalue weighted by atomic mass is 35.5. The van der Waals surface area contributed by atoms with Crippen molar-refractivity contribution in [1.82, 2.24) is 9.97 Å². The number of aliphatic hydroxyl groups is 1. The number of halogens is 1. The summed E-state index contributed by atoms with van der Waals surface area (Å²) in [4.78, 5) is 11.8. The number of aromatic nitrogens is 2. The summed E-state index contributed by atoms with van der Waals surface area (Å²) in [7, 11) is 0. The zero-order valence-corrected chi connectivity index (χ0v) is 13.4. The summed E-state index contributed by atoms with van der Waals surface area (Å²) in [5, 5.41) is 13.0. The lowest BCUT2D eigenvalue weighted by Gasteiger charge is -2.35. The molecule has 1 atom stereocenters. The molecule has 4 nitrogen and oxygen atoms in total. The molecule has 1 unspecified atom stereocenters. The third-order valence-electron chi connectivity index (χ3n) is 3.97. The number of anilines is 1. The van der Waals surface area contributed by atoms with E-state index in [0.29, 0.717) is 10.9 Å². The molecule has 0 radical (unpaired) electrons. The zero-order chi connectivity index (χ0) is 14.8. The molecule has 1 N–H and O–H groups in total. The van der Waals surface area contributed by atoms with Crippen LogP contribution >= 0.6 is 22.9 Å². The molecule has 6 heteroatoms. The van der Waals surface area contributed by atoms with Crippen LogP contribution in [0.15, 0.2) is 23.7 Å². The summed E-state index contributed by atoms with van der Waals surface area (Å²) in [6.07, 6.45) is 3.19. The van der Waals surface area contributed by atoms with Gasteiger partial charge in [-0.25, -0.2) is 9.97 Å². The van der Waals surface area contributed by atoms with E-state index in [9.17, 15) is 5.11 Å². The predicted molar refractivity (Wildman–Crippen MR) is 86.0 cm³/mol. The van der Waals surface area contributed by atoms with E-state index in [2.05, 4.69) is 14.9 Å². The minimum Gasteiger partial charge on any atom is -0.387 e. The molecule has 0 aliphatic carbocycles. The van der Waals surface area contributed by atoms with Gasteiger partial charge in [-0.15, -0.1) is 11.3 Å². The number of hydrogen-bond donors (Lipinski definition) is 1. The predicted octanol–water partition coefficient (Wildman–Crippen LogP) is 3.45. The van der Waals surface area contributed by atoms with E-state index < -0.39 is 0 Å². The van der Waals surface area contributed by atoms with Crippen molar-refractivity contribution in [3.05, 3.63) is 39.4 Å². The molecular formula is C15H18ClN3OS. The standard InChI is InChI=1S/C15H18ClN3OS/c1-10-17-9-12(16)15(18-10)19-6-4-11(5-7-19)14(20)13-3-2-8-21-13/h2-3,8-9,11,14,20H,4-7H2,1H3. The van der Waals surface area contributed by atoms with Gasteiger partial charge in [-0.2, -0.15) is 0 Å². The fraction of sp³-hybridized carbons (Fsp3) is 0.467. The van der Waals surface area contributed by atoms with Gasteiger partial charge in [0.15, 0.2) is 5.82 Å². The lowest BCUT2D eigenvalue weighted by molar-refractivity contribution is 0.0960. The van der Waals surface area contributed by atoms with Crippen LogP contribution in [0.2, 0.25) is 5.02 Å². The fourth-order valence-electron chi connectivity index (χ4n) is 2.78. The monoisotopic (exact) mass is 323 g/mol. The Morgan fingerprint density at radius 3 is 2.86 bits per heavy atom. The van der Waals surface area contributed by atoms with Gasteiger partial charge in [0.2, 0.25) is 0 Å². The third-order valence-corrected chi connectivity index (χ3v) is 5.18. The Kier molecular flexibility index (Phi) is 4.42. The average Bonchev–Trinajstić information content (AvgIpc) is 3.03. The van der Waals surface area contributed by atoms with Gasteiger partial charge in [-0.3, -0.25) is 0 Å². The second-order valence-electron chi connectivity index (χ2n) is 5.37. The molecule has 112 valence electrons. The number of nitrogens with zero attached hydrogens (tertiary/aromatic N) is 3. The molecule has 1 aliphatic rings. The highest BCUT2D eigenvalue weighted by Gasteiger charge is 2.28.